The number of rotatable bonds is 5. The lowest BCUT2D eigenvalue weighted by molar-refractivity contribution is -0.366. The van der Waals surface area contributed by atoms with Crippen LogP contribution in [-0.4, -0.2) is 74.0 Å². The minimum Gasteiger partial charge on any atom is -0.340 e. The molecule has 1 aliphatic heterocycles. The summed E-state index contributed by atoms with van der Waals surface area (Å²) in [5.74, 6) is -0.692. The molecule has 138 valence electrons. The number of methoxy groups -OCH3 is 3. The predicted molar refractivity (Wildman–Crippen MR) is 93.7 cm³/mol. The van der Waals surface area contributed by atoms with Crippen LogP contribution in [0.4, 0.5) is 5.95 Å². The number of aromatic nitrogens is 3. The van der Waals surface area contributed by atoms with Crippen LogP contribution in [0.3, 0.4) is 0 Å². The Hall–Kier alpha value is -1.94. The van der Waals surface area contributed by atoms with E-state index in [0.717, 1.165) is 32.1 Å². The molecule has 1 N–H and O–H groups in total. The number of imidazole rings is 1. The van der Waals surface area contributed by atoms with Gasteiger partial charge in [0.2, 0.25) is 5.95 Å². The molecular formula is C16H25N5O4. The zero-order valence-electron chi connectivity index (χ0n) is 15.3. The molecular weight excluding hydrogens is 326 g/mol. The van der Waals surface area contributed by atoms with Gasteiger partial charge in [-0.15, -0.1) is 0 Å². The van der Waals surface area contributed by atoms with E-state index < -0.39 is 5.97 Å². The maximum Gasteiger partial charge on any atom is 0.327 e. The number of nitrogens with one attached hydrogen (secondary N) is 1. The van der Waals surface area contributed by atoms with Gasteiger partial charge in [-0.05, 0) is 13.1 Å². The molecule has 2 aromatic heterocycles. The first kappa shape index (κ1) is 17.9. The highest BCUT2D eigenvalue weighted by Gasteiger charge is 2.35. The summed E-state index contributed by atoms with van der Waals surface area (Å²) >= 11 is 0. The molecule has 0 radical (unpaired) electrons. The van der Waals surface area contributed by atoms with Crippen molar-refractivity contribution in [3.8, 4) is 0 Å². The SMILES string of the molecule is COC(OC)(OC)c1cc2nc(N3CCN(C)CC3)n(C)c2c(=O)[nH]1. The van der Waals surface area contributed by atoms with Crippen molar-refractivity contribution in [2.45, 2.75) is 5.97 Å². The van der Waals surface area contributed by atoms with Crippen LogP contribution in [0.25, 0.3) is 11.0 Å². The van der Waals surface area contributed by atoms with Gasteiger partial charge in [-0.2, -0.15) is 0 Å². The van der Waals surface area contributed by atoms with E-state index in [1.54, 1.807) is 6.07 Å². The van der Waals surface area contributed by atoms with E-state index >= 15 is 0 Å². The van der Waals surface area contributed by atoms with Crippen LogP contribution in [0.2, 0.25) is 0 Å². The molecule has 3 rings (SSSR count). The molecule has 0 amide bonds. The number of hydrogen-bond acceptors (Lipinski definition) is 7. The summed E-state index contributed by atoms with van der Waals surface area (Å²) in [6.07, 6.45) is 0. The largest absolute Gasteiger partial charge is 0.340 e. The van der Waals surface area contributed by atoms with Gasteiger partial charge in [-0.25, -0.2) is 4.98 Å². The molecule has 1 saturated heterocycles. The van der Waals surface area contributed by atoms with Crippen LogP contribution in [0.1, 0.15) is 5.69 Å². The van der Waals surface area contributed by atoms with Crippen LogP contribution >= 0.6 is 0 Å². The van der Waals surface area contributed by atoms with Gasteiger partial charge in [0.15, 0.2) is 0 Å². The van der Waals surface area contributed by atoms with Crippen molar-refractivity contribution in [3.05, 3.63) is 22.1 Å². The molecule has 0 spiro atoms. The molecule has 3 heterocycles. The minimum absolute atomic E-state index is 0.265. The Morgan fingerprint density at radius 3 is 2.24 bits per heavy atom. The number of anilines is 1. The van der Waals surface area contributed by atoms with E-state index in [9.17, 15) is 4.79 Å². The lowest BCUT2D eigenvalue weighted by atomic mass is 10.2. The van der Waals surface area contributed by atoms with Gasteiger partial charge in [-0.3, -0.25) is 4.79 Å². The quantitative estimate of drug-likeness (QED) is 0.763. The highest BCUT2D eigenvalue weighted by atomic mass is 16.9. The van der Waals surface area contributed by atoms with Gasteiger partial charge in [0.25, 0.3) is 5.56 Å². The number of likely N-dealkylation sites (N-methyl/N-ethyl adjacent to an activating group) is 1. The standard InChI is InChI=1S/C16H25N5O4/c1-19-6-8-21(9-7-19)15-17-11-10-12(16(23-3,24-4)25-5)18-14(22)13(11)20(15)2/h10H,6-9H2,1-5H3,(H,18,22). The number of aryl methyl sites for hydroxylation is 1. The second kappa shape index (κ2) is 6.75. The van der Waals surface area contributed by atoms with E-state index in [-0.39, 0.29) is 5.56 Å². The maximum absolute atomic E-state index is 12.7. The average molecular weight is 351 g/mol. The minimum atomic E-state index is -1.47. The van der Waals surface area contributed by atoms with Crippen LogP contribution in [0.5, 0.6) is 0 Å². The summed E-state index contributed by atoms with van der Waals surface area (Å²) in [7, 11) is 8.30. The molecule has 0 unspecified atom stereocenters. The summed E-state index contributed by atoms with van der Waals surface area (Å²) < 4.78 is 17.8. The molecule has 9 nitrogen and oxygen atoms in total. The van der Waals surface area contributed by atoms with E-state index in [4.69, 9.17) is 14.2 Å². The topological polar surface area (TPSA) is 84.8 Å². The van der Waals surface area contributed by atoms with Crippen molar-refractivity contribution in [1.82, 2.24) is 19.4 Å². The van der Waals surface area contributed by atoms with Crippen molar-refractivity contribution in [1.29, 1.82) is 0 Å². The van der Waals surface area contributed by atoms with Crippen LogP contribution in [0, 0.1) is 0 Å². The monoisotopic (exact) mass is 351 g/mol. The van der Waals surface area contributed by atoms with Crippen LogP contribution < -0.4 is 10.5 Å². The Morgan fingerprint density at radius 2 is 1.68 bits per heavy atom. The Kier molecular flexibility index (Phi) is 4.83. The highest BCUT2D eigenvalue weighted by molar-refractivity contribution is 5.78. The molecule has 2 aromatic rings. The number of hydrogen-bond donors (Lipinski definition) is 1. The summed E-state index contributed by atoms with van der Waals surface area (Å²) in [5.41, 5.74) is 1.18. The lowest BCUT2D eigenvalue weighted by Gasteiger charge is -2.32. The molecule has 0 atom stereocenters. The van der Waals surface area contributed by atoms with Gasteiger partial charge < -0.3 is 33.6 Å². The van der Waals surface area contributed by atoms with Gasteiger partial charge in [0.05, 0.1) is 5.52 Å². The summed E-state index contributed by atoms with van der Waals surface area (Å²) in [5, 5.41) is 0. The third-order valence-electron chi connectivity index (χ3n) is 4.76. The van der Waals surface area contributed by atoms with Crippen molar-refractivity contribution < 1.29 is 14.2 Å². The van der Waals surface area contributed by atoms with E-state index in [1.807, 2.05) is 11.6 Å². The second-order valence-electron chi connectivity index (χ2n) is 6.18. The Bertz CT molecular complexity index is 794. The Labute approximate surface area is 146 Å². The number of ether oxygens (including phenoxy) is 3. The summed E-state index contributed by atoms with van der Waals surface area (Å²) in [4.78, 5) is 24.6. The van der Waals surface area contributed by atoms with Gasteiger partial charge >= 0.3 is 5.97 Å². The van der Waals surface area contributed by atoms with Gasteiger partial charge in [0, 0.05) is 54.6 Å². The number of piperazine rings is 1. The molecule has 1 fully saturated rings. The molecule has 0 saturated carbocycles. The zero-order valence-corrected chi connectivity index (χ0v) is 15.3. The predicted octanol–water partition coefficient (Wildman–Crippen LogP) is 0.0629. The van der Waals surface area contributed by atoms with Gasteiger partial charge in [0.1, 0.15) is 11.2 Å². The molecule has 9 heteroatoms. The van der Waals surface area contributed by atoms with E-state index in [0.29, 0.717) is 16.7 Å². The normalized spacial score (nSPS) is 16.8. The third-order valence-corrected chi connectivity index (χ3v) is 4.76. The fourth-order valence-electron chi connectivity index (χ4n) is 3.27. The summed E-state index contributed by atoms with van der Waals surface area (Å²) in [6, 6.07) is 1.73. The first-order valence-electron chi connectivity index (χ1n) is 8.15. The average Bonchev–Trinajstić information content (AvgIpc) is 2.95. The van der Waals surface area contributed by atoms with Crippen LogP contribution in [-0.2, 0) is 27.2 Å². The molecule has 0 bridgehead atoms. The first-order chi connectivity index (χ1) is 12.0. The number of pyridine rings is 1. The molecule has 25 heavy (non-hydrogen) atoms. The Morgan fingerprint density at radius 1 is 1.08 bits per heavy atom. The summed E-state index contributed by atoms with van der Waals surface area (Å²) in [6.45, 7) is 3.67. The lowest BCUT2D eigenvalue weighted by Crippen LogP contribution is -2.45. The van der Waals surface area contributed by atoms with Crippen LogP contribution in [0.15, 0.2) is 10.9 Å². The fourth-order valence-corrected chi connectivity index (χ4v) is 3.27. The van der Waals surface area contributed by atoms with Crippen molar-refractivity contribution >= 4 is 17.0 Å². The molecule has 1 aliphatic rings. The number of nitrogens with zero attached hydrogens (tertiary/aromatic N) is 4. The second-order valence-corrected chi connectivity index (χ2v) is 6.18. The number of H-pyrrole nitrogens is 1. The molecule has 0 aromatic carbocycles. The van der Waals surface area contributed by atoms with Crippen molar-refractivity contribution in [2.75, 3.05) is 59.5 Å². The highest BCUT2D eigenvalue weighted by Crippen LogP contribution is 2.27. The maximum atomic E-state index is 12.7. The smallest absolute Gasteiger partial charge is 0.327 e. The fraction of sp³-hybridized carbons (Fsp3) is 0.625. The van der Waals surface area contributed by atoms with Crippen molar-refractivity contribution in [3.63, 3.8) is 0 Å². The molecule has 0 aliphatic carbocycles. The zero-order chi connectivity index (χ0) is 18.2. The number of fused-ring (bicyclic) bond motifs is 1. The first-order valence-corrected chi connectivity index (χ1v) is 8.15. The van der Waals surface area contributed by atoms with Crippen molar-refractivity contribution in [2.24, 2.45) is 7.05 Å². The Balaban J connectivity index is 2.09. The number of aromatic amines is 1. The van der Waals surface area contributed by atoms with E-state index in [1.165, 1.54) is 21.3 Å². The van der Waals surface area contributed by atoms with Gasteiger partial charge in [-0.1, -0.05) is 0 Å². The third kappa shape index (κ3) is 2.93. The van der Waals surface area contributed by atoms with E-state index in [2.05, 4.69) is 26.8 Å².